The summed E-state index contributed by atoms with van der Waals surface area (Å²) in [5.41, 5.74) is 16.6. The molecule has 0 atom stereocenters. The molecule has 4 N–H and O–H groups in total. The fraction of sp³-hybridized carbons (Fsp3) is 0.158. The van der Waals surface area contributed by atoms with E-state index in [9.17, 15) is 0 Å². The van der Waals surface area contributed by atoms with E-state index in [1.54, 1.807) is 30.9 Å². The van der Waals surface area contributed by atoms with Crippen LogP contribution in [0.15, 0.2) is 30.5 Å². The molecule has 0 fully saturated rings. The average Bonchev–Trinajstić information content (AvgIpc) is 3.04. The third-order valence-electron chi connectivity index (χ3n) is 4.62. The number of aryl methyl sites for hydroxylation is 1. The summed E-state index contributed by atoms with van der Waals surface area (Å²) in [4.78, 5) is 8.79. The number of nitrogen functional groups attached to an aromatic ring is 2. The first-order valence-electron chi connectivity index (χ1n) is 8.20. The van der Waals surface area contributed by atoms with E-state index in [1.807, 2.05) is 25.1 Å². The molecule has 8 heteroatoms. The molecule has 0 radical (unpaired) electrons. The van der Waals surface area contributed by atoms with E-state index in [0.29, 0.717) is 50.4 Å². The van der Waals surface area contributed by atoms with Crippen LogP contribution in [0.5, 0.6) is 11.5 Å². The molecule has 0 saturated carbocycles. The lowest BCUT2D eigenvalue weighted by Crippen LogP contribution is -2.05. The van der Waals surface area contributed by atoms with Gasteiger partial charge in [0.15, 0.2) is 11.5 Å². The predicted molar refractivity (Wildman–Crippen MR) is 108 cm³/mol. The number of rotatable bonds is 3. The SMILES string of the molecule is COc1cc2c(nc(N)c3cnc(N)n32)c(-c2c(C)cccc2Cl)c1OC. The number of ether oxygens (including phenoxy) is 2. The molecule has 0 spiro atoms. The molecule has 2 aromatic heterocycles. The highest BCUT2D eigenvalue weighted by molar-refractivity contribution is 6.34. The molecule has 0 aliphatic heterocycles. The Morgan fingerprint density at radius 3 is 2.52 bits per heavy atom. The molecular formula is C19H18ClN5O2. The molecule has 2 heterocycles. The molecule has 138 valence electrons. The van der Waals surface area contributed by atoms with E-state index in [4.69, 9.17) is 32.5 Å². The zero-order chi connectivity index (χ0) is 19.3. The van der Waals surface area contributed by atoms with E-state index >= 15 is 0 Å². The minimum atomic E-state index is 0.304. The van der Waals surface area contributed by atoms with Crippen molar-refractivity contribution in [3.63, 3.8) is 0 Å². The van der Waals surface area contributed by atoms with E-state index in [1.165, 1.54) is 0 Å². The first kappa shape index (κ1) is 17.2. The maximum atomic E-state index is 6.56. The second-order valence-electron chi connectivity index (χ2n) is 6.12. The van der Waals surface area contributed by atoms with Crippen LogP contribution in [0.3, 0.4) is 0 Å². The predicted octanol–water partition coefficient (Wildman–Crippen LogP) is 3.69. The van der Waals surface area contributed by atoms with Crippen LogP contribution in [0.2, 0.25) is 5.02 Å². The van der Waals surface area contributed by atoms with Crippen LogP contribution in [0.25, 0.3) is 27.7 Å². The highest BCUT2D eigenvalue weighted by Crippen LogP contribution is 2.47. The molecule has 0 saturated heterocycles. The molecule has 0 aliphatic rings. The van der Waals surface area contributed by atoms with Crippen LogP contribution >= 0.6 is 11.6 Å². The first-order valence-corrected chi connectivity index (χ1v) is 8.58. The van der Waals surface area contributed by atoms with Crippen LogP contribution in [-0.2, 0) is 0 Å². The van der Waals surface area contributed by atoms with Gasteiger partial charge in [0.2, 0.25) is 5.95 Å². The van der Waals surface area contributed by atoms with Gasteiger partial charge >= 0.3 is 0 Å². The lowest BCUT2D eigenvalue weighted by molar-refractivity contribution is 0.357. The van der Waals surface area contributed by atoms with Crippen molar-refractivity contribution in [1.29, 1.82) is 0 Å². The minimum Gasteiger partial charge on any atom is -0.493 e. The normalized spacial score (nSPS) is 11.3. The molecule has 0 aliphatic carbocycles. The van der Waals surface area contributed by atoms with Gasteiger partial charge in [0.05, 0.1) is 31.5 Å². The summed E-state index contributed by atoms with van der Waals surface area (Å²) in [6.07, 6.45) is 1.59. The Kier molecular flexibility index (Phi) is 3.96. The summed E-state index contributed by atoms with van der Waals surface area (Å²) in [6, 6.07) is 7.49. The molecule has 27 heavy (non-hydrogen) atoms. The summed E-state index contributed by atoms with van der Waals surface area (Å²) in [5.74, 6) is 1.66. The minimum absolute atomic E-state index is 0.304. The Labute approximate surface area is 160 Å². The summed E-state index contributed by atoms with van der Waals surface area (Å²) < 4.78 is 13.0. The number of nitrogens with zero attached hydrogens (tertiary/aromatic N) is 3. The number of hydrogen-bond donors (Lipinski definition) is 2. The van der Waals surface area contributed by atoms with E-state index < -0.39 is 0 Å². The van der Waals surface area contributed by atoms with Crippen LogP contribution in [0.4, 0.5) is 11.8 Å². The number of methoxy groups -OCH3 is 2. The standard InChI is InChI=1S/C19H18ClN5O2/c1-9-5-4-6-10(20)14(9)15-16-11(7-13(26-2)17(15)27-3)25-12(18(21)24-16)8-23-19(25)22/h4-8H,1-3H3,(H2,21,24)(H2,22,23). The zero-order valence-electron chi connectivity index (χ0n) is 15.1. The van der Waals surface area contributed by atoms with E-state index in [-0.39, 0.29) is 0 Å². The van der Waals surface area contributed by atoms with Gasteiger partial charge in [-0.25, -0.2) is 9.97 Å². The van der Waals surface area contributed by atoms with Crippen LogP contribution in [-0.4, -0.2) is 28.6 Å². The molecule has 0 bridgehead atoms. The number of imidazole rings is 1. The van der Waals surface area contributed by atoms with Crippen LogP contribution in [0.1, 0.15) is 5.56 Å². The largest absolute Gasteiger partial charge is 0.493 e. The fourth-order valence-electron chi connectivity index (χ4n) is 3.41. The quantitative estimate of drug-likeness (QED) is 0.559. The van der Waals surface area contributed by atoms with Gasteiger partial charge in [-0.1, -0.05) is 23.7 Å². The number of anilines is 2. The lowest BCUT2D eigenvalue weighted by atomic mass is 9.97. The molecular weight excluding hydrogens is 366 g/mol. The summed E-state index contributed by atoms with van der Waals surface area (Å²) in [7, 11) is 3.15. The van der Waals surface area contributed by atoms with Gasteiger partial charge in [0.1, 0.15) is 16.9 Å². The fourth-order valence-corrected chi connectivity index (χ4v) is 3.73. The van der Waals surface area contributed by atoms with Crippen molar-refractivity contribution in [2.24, 2.45) is 0 Å². The molecule has 0 amide bonds. The molecule has 7 nitrogen and oxygen atoms in total. The van der Waals surface area contributed by atoms with Gasteiger partial charge in [-0.2, -0.15) is 0 Å². The highest BCUT2D eigenvalue weighted by atomic mass is 35.5. The highest BCUT2D eigenvalue weighted by Gasteiger charge is 2.24. The Balaban J connectivity index is 2.30. The zero-order valence-corrected chi connectivity index (χ0v) is 15.8. The van der Waals surface area contributed by atoms with E-state index in [2.05, 4.69) is 9.97 Å². The van der Waals surface area contributed by atoms with Gasteiger partial charge in [0.25, 0.3) is 0 Å². The third kappa shape index (κ3) is 2.43. The first-order chi connectivity index (χ1) is 13.0. The maximum Gasteiger partial charge on any atom is 0.205 e. The van der Waals surface area contributed by atoms with Crippen LogP contribution in [0, 0.1) is 6.92 Å². The Bertz CT molecular complexity index is 1180. The molecule has 0 unspecified atom stereocenters. The molecule has 4 rings (SSSR count). The number of benzene rings is 2. The third-order valence-corrected chi connectivity index (χ3v) is 4.93. The summed E-state index contributed by atoms with van der Waals surface area (Å²) in [5, 5.41) is 0.571. The van der Waals surface area contributed by atoms with Crippen molar-refractivity contribution in [2.45, 2.75) is 6.92 Å². The monoisotopic (exact) mass is 383 g/mol. The average molecular weight is 384 g/mol. The Hall–Kier alpha value is -3.19. The van der Waals surface area contributed by atoms with Gasteiger partial charge in [0, 0.05) is 16.7 Å². The Morgan fingerprint density at radius 1 is 1.07 bits per heavy atom. The number of aromatic nitrogens is 3. The van der Waals surface area contributed by atoms with E-state index in [0.717, 1.165) is 11.1 Å². The van der Waals surface area contributed by atoms with Crippen molar-refractivity contribution < 1.29 is 9.47 Å². The van der Waals surface area contributed by atoms with Crippen molar-refractivity contribution in [3.05, 3.63) is 41.0 Å². The second-order valence-corrected chi connectivity index (χ2v) is 6.53. The number of halogens is 1. The number of hydrogen-bond acceptors (Lipinski definition) is 6. The topological polar surface area (TPSA) is 101 Å². The van der Waals surface area contributed by atoms with Crippen LogP contribution < -0.4 is 20.9 Å². The number of fused-ring (bicyclic) bond motifs is 3. The smallest absolute Gasteiger partial charge is 0.205 e. The van der Waals surface area contributed by atoms with Crippen molar-refractivity contribution in [1.82, 2.24) is 14.4 Å². The second kappa shape index (κ2) is 6.21. The maximum absolute atomic E-state index is 6.56. The van der Waals surface area contributed by atoms with Crippen molar-refractivity contribution in [3.8, 4) is 22.6 Å². The van der Waals surface area contributed by atoms with Gasteiger partial charge < -0.3 is 20.9 Å². The summed E-state index contributed by atoms with van der Waals surface area (Å²) >= 11 is 6.56. The molecule has 4 aromatic rings. The Morgan fingerprint density at radius 2 is 1.85 bits per heavy atom. The van der Waals surface area contributed by atoms with Gasteiger partial charge in [-0.05, 0) is 18.6 Å². The summed E-state index contributed by atoms with van der Waals surface area (Å²) in [6.45, 7) is 1.97. The van der Waals surface area contributed by atoms with Crippen molar-refractivity contribution in [2.75, 3.05) is 25.7 Å². The van der Waals surface area contributed by atoms with Gasteiger partial charge in [-0.15, -0.1) is 0 Å². The lowest BCUT2D eigenvalue weighted by Gasteiger charge is -2.19. The van der Waals surface area contributed by atoms with Crippen molar-refractivity contribution >= 4 is 39.9 Å². The number of nitrogens with two attached hydrogens (primary N) is 2. The van der Waals surface area contributed by atoms with Gasteiger partial charge in [-0.3, -0.25) is 4.40 Å². The molecule has 2 aromatic carbocycles.